The number of carbonyl (C=O) groups is 1. The number of carbonyl (C=O) groups excluding carboxylic acids is 1. The van der Waals surface area contributed by atoms with Gasteiger partial charge in [0.15, 0.2) is 0 Å². The predicted octanol–water partition coefficient (Wildman–Crippen LogP) is 0.196. The van der Waals surface area contributed by atoms with Gasteiger partial charge in [0, 0.05) is 31.5 Å². The molecule has 18 heavy (non-hydrogen) atoms. The number of aromatic nitrogens is 3. The van der Waals surface area contributed by atoms with E-state index < -0.39 is 5.91 Å². The second-order valence-electron chi connectivity index (χ2n) is 3.62. The fourth-order valence-electron chi connectivity index (χ4n) is 1.34. The molecule has 0 bridgehead atoms. The molecule has 0 radical (unpaired) electrons. The van der Waals surface area contributed by atoms with Gasteiger partial charge in [0.1, 0.15) is 0 Å². The molecule has 0 saturated carbocycles. The standard InChI is InChI=1S/C11H12N4O3/c1-15(5-6-16)11(17)10-13-9(14-18-10)8-3-2-4-12-7-8/h2-4,7,16H,5-6H2,1H3. The molecule has 0 aliphatic heterocycles. The Morgan fingerprint density at radius 1 is 1.56 bits per heavy atom. The number of aliphatic hydroxyl groups is 1. The van der Waals surface area contributed by atoms with Gasteiger partial charge in [-0.1, -0.05) is 5.16 Å². The molecule has 0 aliphatic rings. The highest BCUT2D eigenvalue weighted by atomic mass is 16.5. The van der Waals surface area contributed by atoms with Crippen LogP contribution in [0.25, 0.3) is 11.4 Å². The number of likely N-dealkylation sites (N-methyl/N-ethyl adjacent to an activating group) is 1. The maximum Gasteiger partial charge on any atom is 0.316 e. The zero-order valence-electron chi connectivity index (χ0n) is 9.78. The Morgan fingerprint density at radius 3 is 3.06 bits per heavy atom. The van der Waals surface area contributed by atoms with Crippen molar-refractivity contribution < 1.29 is 14.4 Å². The van der Waals surface area contributed by atoms with Gasteiger partial charge >= 0.3 is 11.8 Å². The second kappa shape index (κ2) is 5.37. The van der Waals surface area contributed by atoms with Crippen LogP contribution in [-0.2, 0) is 0 Å². The van der Waals surface area contributed by atoms with Crippen LogP contribution in [0.15, 0.2) is 29.0 Å². The van der Waals surface area contributed by atoms with Crippen molar-refractivity contribution in [1.82, 2.24) is 20.0 Å². The first-order valence-electron chi connectivity index (χ1n) is 5.33. The van der Waals surface area contributed by atoms with Crippen LogP contribution in [0, 0.1) is 0 Å². The van der Waals surface area contributed by atoms with E-state index in [0.717, 1.165) is 0 Å². The van der Waals surface area contributed by atoms with E-state index in [1.54, 1.807) is 31.6 Å². The van der Waals surface area contributed by atoms with Crippen LogP contribution in [0.5, 0.6) is 0 Å². The molecular formula is C11H12N4O3. The summed E-state index contributed by atoms with van der Waals surface area (Å²) in [5.41, 5.74) is 0.671. The normalized spacial score (nSPS) is 10.3. The molecule has 0 atom stereocenters. The molecule has 0 spiro atoms. The van der Waals surface area contributed by atoms with Crippen molar-refractivity contribution in [2.45, 2.75) is 0 Å². The summed E-state index contributed by atoms with van der Waals surface area (Å²) in [7, 11) is 1.55. The second-order valence-corrected chi connectivity index (χ2v) is 3.62. The fraction of sp³-hybridized carbons (Fsp3) is 0.273. The van der Waals surface area contributed by atoms with E-state index in [9.17, 15) is 4.79 Å². The Bertz CT molecular complexity index is 526. The molecule has 2 heterocycles. The quantitative estimate of drug-likeness (QED) is 0.830. The van der Waals surface area contributed by atoms with Crippen molar-refractivity contribution in [3.63, 3.8) is 0 Å². The minimum Gasteiger partial charge on any atom is -0.395 e. The minimum atomic E-state index is -0.424. The molecule has 0 fully saturated rings. The third-order valence-corrected chi connectivity index (χ3v) is 2.31. The molecular weight excluding hydrogens is 236 g/mol. The Hall–Kier alpha value is -2.28. The first-order chi connectivity index (χ1) is 8.72. The fourth-order valence-corrected chi connectivity index (χ4v) is 1.34. The van der Waals surface area contributed by atoms with Gasteiger partial charge in [-0.15, -0.1) is 0 Å². The lowest BCUT2D eigenvalue weighted by Crippen LogP contribution is -2.29. The number of aliphatic hydroxyl groups excluding tert-OH is 1. The van der Waals surface area contributed by atoms with Crippen LogP contribution in [0.2, 0.25) is 0 Å². The van der Waals surface area contributed by atoms with Gasteiger partial charge in [0.2, 0.25) is 5.82 Å². The highest BCUT2D eigenvalue weighted by molar-refractivity contribution is 5.89. The minimum absolute atomic E-state index is 0.107. The van der Waals surface area contributed by atoms with Crippen LogP contribution < -0.4 is 0 Å². The van der Waals surface area contributed by atoms with Crippen molar-refractivity contribution in [2.24, 2.45) is 0 Å². The average molecular weight is 248 g/mol. The molecule has 1 amide bonds. The molecule has 2 aromatic heterocycles. The van der Waals surface area contributed by atoms with E-state index in [2.05, 4.69) is 15.1 Å². The molecule has 7 nitrogen and oxygen atoms in total. The zero-order chi connectivity index (χ0) is 13.0. The summed E-state index contributed by atoms with van der Waals surface area (Å²) in [6.45, 7) is 0.0925. The zero-order valence-corrected chi connectivity index (χ0v) is 9.78. The van der Waals surface area contributed by atoms with E-state index in [1.807, 2.05) is 0 Å². The summed E-state index contributed by atoms with van der Waals surface area (Å²) in [5.74, 6) is -0.222. The molecule has 0 aliphatic carbocycles. The monoisotopic (exact) mass is 248 g/mol. The summed E-state index contributed by atoms with van der Waals surface area (Å²) in [4.78, 5) is 21.0. The third-order valence-electron chi connectivity index (χ3n) is 2.31. The van der Waals surface area contributed by atoms with Gasteiger partial charge in [-0.25, -0.2) is 0 Å². The van der Waals surface area contributed by atoms with E-state index in [-0.39, 0.29) is 19.0 Å². The number of rotatable bonds is 4. The Balaban J connectivity index is 2.18. The van der Waals surface area contributed by atoms with Gasteiger partial charge < -0.3 is 14.5 Å². The molecule has 0 unspecified atom stereocenters. The van der Waals surface area contributed by atoms with Crippen LogP contribution in [0.1, 0.15) is 10.7 Å². The molecule has 94 valence electrons. The first-order valence-corrected chi connectivity index (χ1v) is 5.33. The van der Waals surface area contributed by atoms with Crippen LogP contribution in [0.4, 0.5) is 0 Å². The highest BCUT2D eigenvalue weighted by Crippen LogP contribution is 2.14. The van der Waals surface area contributed by atoms with E-state index in [1.165, 1.54) is 4.90 Å². The average Bonchev–Trinajstić information content (AvgIpc) is 2.89. The summed E-state index contributed by atoms with van der Waals surface area (Å²) in [6, 6.07) is 3.51. The van der Waals surface area contributed by atoms with Crippen LogP contribution >= 0.6 is 0 Å². The predicted molar refractivity (Wildman–Crippen MR) is 61.6 cm³/mol. The lowest BCUT2D eigenvalue weighted by molar-refractivity contribution is 0.0718. The number of hydrogen-bond acceptors (Lipinski definition) is 6. The molecule has 0 saturated heterocycles. The molecule has 0 aromatic carbocycles. The number of hydrogen-bond donors (Lipinski definition) is 1. The van der Waals surface area contributed by atoms with Crippen molar-refractivity contribution in [1.29, 1.82) is 0 Å². The lowest BCUT2D eigenvalue weighted by atomic mass is 10.3. The molecule has 7 heteroatoms. The SMILES string of the molecule is CN(CCO)C(=O)c1nc(-c2cccnc2)no1. The van der Waals surface area contributed by atoms with Crippen molar-refractivity contribution >= 4 is 5.91 Å². The van der Waals surface area contributed by atoms with Crippen LogP contribution in [-0.4, -0.2) is 51.2 Å². The van der Waals surface area contributed by atoms with Gasteiger partial charge in [-0.05, 0) is 12.1 Å². The largest absolute Gasteiger partial charge is 0.395 e. The summed E-state index contributed by atoms with van der Waals surface area (Å²) < 4.78 is 4.89. The van der Waals surface area contributed by atoms with Gasteiger partial charge in [0.25, 0.3) is 0 Å². The summed E-state index contributed by atoms with van der Waals surface area (Å²) in [5, 5.41) is 12.5. The van der Waals surface area contributed by atoms with Gasteiger partial charge in [-0.2, -0.15) is 4.98 Å². The summed E-state index contributed by atoms with van der Waals surface area (Å²) >= 11 is 0. The maximum atomic E-state index is 11.8. The number of pyridine rings is 1. The van der Waals surface area contributed by atoms with E-state index >= 15 is 0 Å². The van der Waals surface area contributed by atoms with Crippen molar-refractivity contribution in [3.8, 4) is 11.4 Å². The summed E-state index contributed by atoms with van der Waals surface area (Å²) in [6.07, 6.45) is 3.21. The van der Waals surface area contributed by atoms with Gasteiger partial charge in [0.05, 0.1) is 6.61 Å². The number of nitrogens with zero attached hydrogens (tertiary/aromatic N) is 4. The number of amides is 1. The Labute approximate surface area is 103 Å². The lowest BCUT2D eigenvalue weighted by Gasteiger charge is -2.11. The Kier molecular flexibility index (Phi) is 3.63. The Morgan fingerprint density at radius 2 is 2.39 bits per heavy atom. The van der Waals surface area contributed by atoms with E-state index in [4.69, 9.17) is 9.63 Å². The van der Waals surface area contributed by atoms with Crippen LogP contribution in [0.3, 0.4) is 0 Å². The van der Waals surface area contributed by atoms with Crippen molar-refractivity contribution in [3.05, 3.63) is 30.4 Å². The van der Waals surface area contributed by atoms with E-state index in [0.29, 0.717) is 11.4 Å². The molecule has 1 N–H and O–H groups in total. The molecule has 2 rings (SSSR count). The van der Waals surface area contributed by atoms with Gasteiger partial charge in [-0.3, -0.25) is 9.78 Å². The van der Waals surface area contributed by atoms with Crippen molar-refractivity contribution in [2.75, 3.05) is 20.2 Å². The molecule has 2 aromatic rings. The maximum absolute atomic E-state index is 11.8. The smallest absolute Gasteiger partial charge is 0.316 e. The topological polar surface area (TPSA) is 92.3 Å². The highest BCUT2D eigenvalue weighted by Gasteiger charge is 2.19. The third kappa shape index (κ3) is 2.51. The first kappa shape index (κ1) is 12.2.